The Kier molecular flexibility index (Phi) is 8.89. The van der Waals surface area contributed by atoms with E-state index in [2.05, 4.69) is 107 Å². The van der Waals surface area contributed by atoms with Crippen molar-refractivity contribution in [2.75, 3.05) is 0 Å². The second-order valence-corrected chi connectivity index (χ2v) is 16.3. The lowest BCUT2D eigenvalue weighted by Gasteiger charge is -2.32. The Bertz CT molecular complexity index is 3360. The van der Waals surface area contributed by atoms with Gasteiger partial charge in [-0.2, -0.15) is 0 Å². The van der Waals surface area contributed by atoms with Gasteiger partial charge in [-0.15, -0.1) is 19.7 Å². The molecule has 6 heterocycles. The number of allylic oxidation sites excluding steroid dienone is 3. The Morgan fingerprint density at radius 2 is 1.26 bits per heavy atom. The number of nitrogens with one attached hydrogen (secondary N) is 3. The second-order valence-electron chi connectivity index (χ2n) is 16.3. The van der Waals surface area contributed by atoms with Gasteiger partial charge in [0.2, 0.25) is 0 Å². The van der Waals surface area contributed by atoms with E-state index in [1.165, 1.54) is 5.56 Å². The number of hydrogen-bond donors (Lipinski definition) is 3. The van der Waals surface area contributed by atoms with Crippen molar-refractivity contribution in [2.24, 2.45) is 25.0 Å². The Labute approximate surface area is 358 Å². The summed E-state index contributed by atoms with van der Waals surface area (Å²) in [6.07, 6.45) is 8.97. The lowest BCUT2D eigenvalue weighted by atomic mass is 9.72. The average Bonchev–Trinajstić information content (AvgIpc) is 4.10. The van der Waals surface area contributed by atoms with Crippen molar-refractivity contribution in [3.8, 4) is 11.4 Å². The predicted octanol–water partition coefficient (Wildman–Crippen LogP) is 10.5. The van der Waals surface area contributed by atoms with E-state index in [0.717, 1.165) is 98.4 Å². The van der Waals surface area contributed by atoms with Crippen molar-refractivity contribution in [1.29, 1.82) is 0 Å². The monoisotopic (exact) mass is 808 g/mol. The molecule has 0 fully saturated rings. The van der Waals surface area contributed by atoms with Gasteiger partial charge in [-0.3, -0.25) is 0 Å². The first-order chi connectivity index (χ1) is 30.5. The number of amidine groups is 3. The van der Waals surface area contributed by atoms with Crippen molar-refractivity contribution < 1.29 is 0 Å². The van der Waals surface area contributed by atoms with E-state index in [4.69, 9.17) is 29.9 Å². The number of rotatable bonds is 10. The Morgan fingerprint density at radius 3 is 1.92 bits per heavy atom. The molecule has 3 aliphatic heterocycles. The minimum atomic E-state index is -0.474. The van der Waals surface area contributed by atoms with Gasteiger partial charge in [-0.25, -0.2) is 29.9 Å². The fourth-order valence-electron chi connectivity index (χ4n) is 9.54. The largest absolute Gasteiger partial charge is 0.344 e. The molecule has 62 heavy (non-hydrogen) atoms. The Hall–Kier alpha value is -7.72. The van der Waals surface area contributed by atoms with E-state index < -0.39 is 6.17 Å². The van der Waals surface area contributed by atoms with Crippen molar-refractivity contribution in [3.05, 3.63) is 186 Å². The molecule has 0 saturated heterocycles. The molecule has 3 aliphatic rings. The first-order valence-electron chi connectivity index (χ1n) is 21.2. The molecular formula is C52H44N10. The van der Waals surface area contributed by atoms with Crippen LogP contribution in [0.2, 0.25) is 0 Å². The molecular weight excluding hydrogens is 765 g/mol. The number of imidazole rings is 1. The molecule has 0 saturated carbocycles. The zero-order valence-electron chi connectivity index (χ0n) is 34.5. The lowest BCUT2D eigenvalue weighted by molar-refractivity contribution is 0.442. The molecule has 0 radical (unpaired) electrons. The zero-order valence-corrected chi connectivity index (χ0v) is 34.5. The van der Waals surface area contributed by atoms with E-state index in [1.807, 2.05) is 66.8 Å². The van der Waals surface area contributed by atoms with E-state index >= 15 is 0 Å². The van der Waals surface area contributed by atoms with Crippen LogP contribution in [0.15, 0.2) is 172 Å². The molecule has 0 amide bonds. The van der Waals surface area contributed by atoms with Gasteiger partial charge in [0, 0.05) is 61.3 Å². The molecule has 1 unspecified atom stereocenters. The van der Waals surface area contributed by atoms with Gasteiger partial charge in [-0.05, 0) is 43.4 Å². The van der Waals surface area contributed by atoms with Crippen molar-refractivity contribution >= 4 is 61.7 Å². The molecule has 1 atom stereocenters. The summed E-state index contributed by atoms with van der Waals surface area (Å²) in [7, 11) is 0. The SMILES string of the molecule is C=CCC(CC=C)(CC=C)c1ccc(-c2nc3cc4c(cc3n2CCC)C2=Nc3[nH]c(c5ccccc35)N=C3N=C(N=c5[nH]c(c6ccccc56)=NC4N2)c2ccccc23)cc1. The quantitative estimate of drug-likeness (QED) is 0.119. The van der Waals surface area contributed by atoms with E-state index in [-0.39, 0.29) is 5.41 Å². The van der Waals surface area contributed by atoms with Crippen LogP contribution in [0.1, 0.15) is 66.6 Å². The van der Waals surface area contributed by atoms with Gasteiger partial charge in [0.25, 0.3) is 0 Å². The average molecular weight is 809 g/mol. The maximum atomic E-state index is 5.41. The second kappa shape index (κ2) is 14.8. The summed E-state index contributed by atoms with van der Waals surface area (Å²) in [4.78, 5) is 38.6. The third kappa shape index (κ3) is 5.93. The fraction of sp³-hybridized carbons (Fsp3) is 0.154. The van der Waals surface area contributed by atoms with Crippen molar-refractivity contribution in [3.63, 3.8) is 0 Å². The molecule has 3 aromatic heterocycles. The summed E-state index contributed by atoms with van der Waals surface area (Å²) in [5.41, 5.74) is 9.27. The summed E-state index contributed by atoms with van der Waals surface area (Å²) < 4.78 is 2.34. The highest BCUT2D eigenvalue weighted by atomic mass is 15.2. The number of aryl methyl sites for hydroxylation is 1. The minimum Gasteiger partial charge on any atom is -0.344 e. The molecule has 0 spiro atoms. The highest BCUT2D eigenvalue weighted by Crippen LogP contribution is 2.40. The van der Waals surface area contributed by atoms with Gasteiger partial charge in [0.15, 0.2) is 11.7 Å². The van der Waals surface area contributed by atoms with E-state index in [1.54, 1.807) is 0 Å². The van der Waals surface area contributed by atoms with Crippen LogP contribution in [0.5, 0.6) is 0 Å². The molecule has 8 aromatic rings. The summed E-state index contributed by atoms with van der Waals surface area (Å²) in [5.74, 6) is 4.18. The Balaban J connectivity index is 1.13. The predicted molar refractivity (Wildman–Crippen MR) is 252 cm³/mol. The molecule has 3 N–H and O–H groups in total. The number of H-pyrrole nitrogens is 2. The first-order valence-corrected chi connectivity index (χ1v) is 21.2. The molecule has 0 aliphatic carbocycles. The third-order valence-electron chi connectivity index (χ3n) is 12.4. The molecule has 10 heteroatoms. The van der Waals surface area contributed by atoms with Crippen LogP contribution in [0, 0.1) is 0 Å². The summed E-state index contributed by atoms with van der Waals surface area (Å²) in [6, 6.07) is 37.8. The molecule has 5 aromatic carbocycles. The summed E-state index contributed by atoms with van der Waals surface area (Å²) >= 11 is 0. The lowest BCUT2D eigenvalue weighted by Crippen LogP contribution is -2.24. The smallest absolute Gasteiger partial charge is 0.164 e. The maximum absolute atomic E-state index is 5.41. The number of hydrogen-bond acceptors (Lipinski definition) is 7. The van der Waals surface area contributed by atoms with Crippen LogP contribution in [0.4, 0.5) is 11.6 Å². The van der Waals surface area contributed by atoms with Crippen LogP contribution in [-0.2, 0) is 12.0 Å². The van der Waals surface area contributed by atoms with Gasteiger partial charge in [0.1, 0.15) is 40.4 Å². The molecule has 11 rings (SSSR count). The van der Waals surface area contributed by atoms with Gasteiger partial charge in [-0.1, -0.05) is 122 Å². The zero-order chi connectivity index (χ0) is 42.0. The maximum Gasteiger partial charge on any atom is 0.164 e. The highest BCUT2D eigenvalue weighted by Gasteiger charge is 2.32. The number of aromatic nitrogens is 4. The standard InChI is InChI=1S/C52H44N10/c1-5-25-52(26-6-2,27-7-3)32-23-21-31(22-24-32)51-53-41-29-39-40(30-42(41)62(51)28-8-4)50-60-48-38-20-14-12-18-36(38)46(58-48)56-44-34-16-10-9-15-33(34)43(54-44)55-45-35-17-11-13-19-37(35)47(57-45)59-49(39)61-50/h5-7,9-24,29-30,49,58H,1-3,8,25-28H2,4H3,(H,60,61)(H,54,55,56,57,59). The van der Waals surface area contributed by atoms with Crippen LogP contribution in [0.25, 0.3) is 44.0 Å². The van der Waals surface area contributed by atoms with E-state index in [0.29, 0.717) is 40.1 Å². The normalized spacial score (nSPS) is 15.2. The molecule has 302 valence electrons. The summed E-state index contributed by atoms with van der Waals surface area (Å²) in [5, 5.41) is 7.53. The number of benzene rings is 5. The highest BCUT2D eigenvalue weighted by molar-refractivity contribution is 6.23. The van der Waals surface area contributed by atoms with Crippen molar-refractivity contribution in [1.82, 2.24) is 24.8 Å². The third-order valence-corrected chi connectivity index (χ3v) is 12.4. The van der Waals surface area contributed by atoms with Crippen LogP contribution >= 0.6 is 0 Å². The van der Waals surface area contributed by atoms with Crippen molar-refractivity contribution in [2.45, 2.75) is 50.7 Å². The van der Waals surface area contributed by atoms with Crippen LogP contribution in [0.3, 0.4) is 0 Å². The first kappa shape index (κ1) is 37.3. The molecule has 10 nitrogen and oxygen atoms in total. The van der Waals surface area contributed by atoms with Gasteiger partial charge in [0.05, 0.1) is 11.0 Å². The number of fused-ring (bicyclic) bond motifs is 20. The van der Waals surface area contributed by atoms with E-state index in [9.17, 15) is 0 Å². The van der Waals surface area contributed by atoms with Crippen LogP contribution in [-0.4, -0.2) is 37.0 Å². The minimum absolute atomic E-state index is 0.136. The Morgan fingerprint density at radius 1 is 0.645 bits per heavy atom. The van der Waals surface area contributed by atoms with Crippen LogP contribution < -0.4 is 16.3 Å². The molecule has 8 bridgehead atoms. The number of aliphatic imine (C=N–C) groups is 3. The van der Waals surface area contributed by atoms with Gasteiger partial charge < -0.3 is 19.9 Å². The number of nitrogens with zero attached hydrogens (tertiary/aromatic N) is 7. The topological polar surface area (TPSA) is 123 Å². The number of aromatic amines is 2. The summed E-state index contributed by atoms with van der Waals surface area (Å²) in [6.45, 7) is 15.2. The fourth-order valence-corrected chi connectivity index (χ4v) is 9.54. The van der Waals surface area contributed by atoms with Gasteiger partial charge >= 0.3 is 0 Å².